The van der Waals surface area contributed by atoms with E-state index in [4.69, 9.17) is 24.3 Å². The van der Waals surface area contributed by atoms with E-state index in [9.17, 15) is 9.59 Å². The van der Waals surface area contributed by atoms with Crippen LogP contribution in [0.5, 0.6) is 11.5 Å². The zero-order valence-electron chi connectivity index (χ0n) is 25.4. The van der Waals surface area contributed by atoms with Crippen LogP contribution in [-0.4, -0.2) is 33.7 Å². The summed E-state index contributed by atoms with van der Waals surface area (Å²) in [5.41, 5.74) is 9.50. The highest BCUT2D eigenvalue weighted by Crippen LogP contribution is 2.42. The molecule has 0 radical (unpaired) electrons. The fraction of sp³-hybridized carbons (Fsp3) is 0.265. The number of nitrogens with two attached hydrogens (primary N) is 1. The smallest absolute Gasteiger partial charge is 0.315 e. The number of aromatic nitrogens is 3. The molecular formula is C34H35N5O6. The number of amides is 2. The summed E-state index contributed by atoms with van der Waals surface area (Å²) >= 11 is 0. The van der Waals surface area contributed by atoms with E-state index in [0.29, 0.717) is 48.1 Å². The first-order valence-corrected chi connectivity index (χ1v) is 14.7. The molecule has 45 heavy (non-hydrogen) atoms. The molecule has 0 unspecified atom stereocenters. The Morgan fingerprint density at radius 3 is 2.09 bits per heavy atom. The highest BCUT2D eigenvalue weighted by Gasteiger charge is 2.27. The number of rotatable bonds is 14. The van der Waals surface area contributed by atoms with Gasteiger partial charge in [-0.25, -0.2) is 0 Å². The molecule has 0 bridgehead atoms. The minimum atomic E-state index is -0.821. The number of hydrogen-bond acceptors (Lipinski definition) is 9. The number of benzene rings is 3. The van der Waals surface area contributed by atoms with Crippen molar-refractivity contribution in [1.29, 1.82) is 0 Å². The van der Waals surface area contributed by atoms with Gasteiger partial charge in [-0.3, -0.25) is 9.59 Å². The average Bonchev–Trinajstić information content (AvgIpc) is 3.70. The number of aryl methyl sites for hydroxylation is 1. The minimum Gasteiger partial charge on any atom is -0.488 e. The Morgan fingerprint density at radius 2 is 1.51 bits per heavy atom. The van der Waals surface area contributed by atoms with Crippen LogP contribution in [0.2, 0.25) is 0 Å². The van der Waals surface area contributed by atoms with E-state index < -0.39 is 5.91 Å². The van der Waals surface area contributed by atoms with Crippen molar-refractivity contribution in [3.05, 3.63) is 112 Å². The zero-order valence-corrected chi connectivity index (χ0v) is 25.4. The predicted molar refractivity (Wildman–Crippen MR) is 166 cm³/mol. The molecule has 11 heteroatoms. The van der Waals surface area contributed by atoms with Gasteiger partial charge in [0.15, 0.2) is 17.3 Å². The molecule has 0 aliphatic rings. The van der Waals surface area contributed by atoms with Gasteiger partial charge in [0, 0.05) is 24.6 Å². The first-order valence-electron chi connectivity index (χ1n) is 14.7. The number of nitrogens with zero attached hydrogens (tertiary/aromatic N) is 3. The van der Waals surface area contributed by atoms with Crippen molar-refractivity contribution >= 4 is 11.8 Å². The third kappa shape index (κ3) is 7.56. The first-order chi connectivity index (χ1) is 21.8. The highest BCUT2D eigenvalue weighted by molar-refractivity contribution is 5.95. The molecule has 2 heterocycles. The third-order valence-electron chi connectivity index (χ3n) is 7.07. The minimum absolute atomic E-state index is 0.0819. The van der Waals surface area contributed by atoms with Crippen molar-refractivity contribution < 1.29 is 28.1 Å². The van der Waals surface area contributed by atoms with E-state index in [1.165, 1.54) is 0 Å². The molecule has 0 spiro atoms. The molecule has 5 rings (SSSR count). The van der Waals surface area contributed by atoms with Crippen molar-refractivity contribution in [1.82, 2.24) is 20.6 Å². The number of nitrogens with one attached hydrogen (secondary N) is 1. The Hall–Kier alpha value is -5.45. The summed E-state index contributed by atoms with van der Waals surface area (Å²) in [5.74, 6) is 0.395. The maximum atomic E-state index is 13.1. The van der Waals surface area contributed by atoms with Crippen LogP contribution in [0, 0.1) is 0 Å². The molecule has 5 aromatic rings. The first kappa shape index (κ1) is 31.0. The Balaban J connectivity index is 1.57. The standard InChI is InChI=1S/C34H35N5O6/c1-4-36-33(41)30-24(15-16-29-37-34(32(35)40)45-38-29)31(44-39-30)26-17-25(21(2)3)27(42-19-22-11-7-5-8-12-22)18-28(26)43-20-23-13-9-6-10-14-23/h5-14,17-18,21H,4,15-16,19-20H2,1-3H3,(H2,35,40)(H,36,41). The van der Waals surface area contributed by atoms with Crippen LogP contribution in [0.4, 0.5) is 0 Å². The molecule has 2 aromatic heterocycles. The largest absolute Gasteiger partial charge is 0.488 e. The molecule has 3 N–H and O–H groups in total. The van der Waals surface area contributed by atoms with E-state index in [2.05, 4.69) is 34.5 Å². The fourth-order valence-corrected chi connectivity index (χ4v) is 4.79. The van der Waals surface area contributed by atoms with Crippen LogP contribution in [0.3, 0.4) is 0 Å². The van der Waals surface area contributed by atoms with E-state index in [0.717, 1.165) is 16.7 Å². The molecule has 0 saturated carbocycles. The summed E-state index contributed by atoms with van der Waals surface area (Å²) in [6, 6.07) is 23.6. The van der Waals surface area contributed by atoms with Crippen LogP contribution in [-0.2, 0) is 26.1 Å². The lowest BCUT2D eigenvalue weighted by Crippen LogP contribution is -2.24. The second-order valence-corrected chi connectivity index (χ2v) is 10.7. The van der Waals surface area contributed by atoms with E-state index >= 15 is 0 Å². The highest BCUT2D eigenvalue weighted by atomic mass is 16.5. The van der Waals surface area contributed by atoms with Gasteiger partial charge < -0.3 is 29.6 Å². The maximum Gasteiger partial charge on any atom is 0.315 e. The van der Waals surface area contributed by atoms with Gasteiger partial charge in [0.1, 0.15) is 24.7 Å². The SMILES string of the molecule is CCNC(=O)c1noc(-c2cc(C(C)C)c(OCc3ccccc3)cc2OCc2ccccc2)c1CCc1noc(C(N)=O)n1. The monoisotopic (exact) mass is 609 g/mol. The lowest BCUT2D eigenvalue weighted by molar-refractivity contribution is 0.0942. The van der Waals surface area contributed by atoms with Gasteiger partial charge in [-0.15, -0.1) is 0 Å². The third-order valence-corrected chi connectivity index (χ3v) is 7.07. The van der Waals surface area contributed by atoms with Gasteiger partial charge in [0.2, 0.25) is 0 Å². The molecule has 0 saturated heterocycles. The normalized spacial score (nSPS) is 11.0. The summed E-state index contributed by atoms with van der Waals surface area (Å²) < 4.78 is 23.6. The van der Waals surface area contributed by atoms with Crippen LogP contribution >= 0.6 is 0 Å². The number of carbonyl (C=O) groups excluding carboxylic acids is 2. The van der Waals surface area contributed by atoms with Crippen LogP contribution in [0.1, 0.15) is 75.9 Å². The molecular weight excluding hydrogens is 574 g/mol. The van der Waals surface area contributed by atoms with Crippen molar-refractivity contribution in [3.63, 3.8) is 0 Å². The van der Waals surface area contributed by atoms with Gasteiger partial charge >= 0.3 is 11.8 Å². The summed E-state index contributed by atoms with van der Waals surface area (Å²) in [4.78, 5) is 28.6. The lowest BCUT2D eigenvalue weighted by atomic mass is 9.95. The Bertz CT molecular complexity index is 1750. The molecule has 2 amide bonds. The van der Waals surface area contributed by atoms with Gasteiger partial charge in [0.25, 0.3) is 5.91 Å². The van der Waals surface area contributed by atoms with Gasteiger partial charge in [-0.2, -0.15) is 4.98 Å². The molecule has 0 aliphatic heterocycles. The van der Waals surface area contributed by atoms with Gasteiger partial charge in [-0.1, -0.05) is 84.8 Å². The molecule has 0 atom stereocenters. The number of primary amides is 1. The summed E-state index contributed by atoms with van der Waals surface area (Å²) in [6.45, 7) is 7.05. The average molecular weight is 610 g/mol. The van der Waals surface area contributed by atoms with E-state index in [1.54, 1.807) is 0 Å². The number of ether oxygens (including phenoxy) is 2. The Labute approximate surface area is 260 Å². The summed E-state index contributed by atoms with van der Waals surface area (Å²) in [5, 5.41) is 10.8. The van der Waals surface area contributed by atoms with Gasteiger partial charge in [0.05, 0.1) is 5.56 Å². The van der Waals surface area contributed by atoms with Crippen LogP contribution < -0.4 is 20.5 Å². The quantitative estimate of drug-likeness (QED) is 0.163. The van der Waals surface area contributed by atoms with Crippen molar-refractivity contribution in [2.24, 2.45) is 5.73 Å². The second-order valence-electron chi connectivity index (χ2n) is 10.7. The molecule has 0 aliphatic carbocycles. The second kappa shape index (κ2) is 14.3. The van der Waals surface area contributed by atoms with E-state index in [1.807, 2.05) is 79.7 Å². The summed E-state index contributed by atoms with van der Waals surface area (Å²) in [6.07, 6.45) is 0.483. The van der Waals surface area contributed by atoms with E-state index in [-0.39, 0.29) is 42.1 Å². The maximum absolute atomic E-state index is 13.1. The molecule has 11 nitrogen and oxygen atoms in total. The predicted octanol–water partition coefficient (Wildman–Crippen LogP) is 5.64. The fourth-order valence-electron chi connectivity index (χ4n) is 4.79. The lowest BCUT2D eigenvalue weighted by Gasteiger charge is -2.19. The Morgan fingerprint density at radius 1 is 0.867 bits per heavy atom. The number of hydrogen-bond donors (Lipinski definition) is 2. The van der Waals surface area contributed by atoms with Crippen molar-refractivity contribution in [2.45, 2.75) is 52.7 Å². The molecule has 232 valence electrons. The van der Waals surface area contributed by atoms with Gasteiger partial charge in [-0.05, 0) is 42.0 Å². The topological polar surface area (TPSA) is 156 Å². The van der Waals surface area contributed by atoms with Crippen molar-refractivity contribution in [3.8, 4) is 22.8 Å². The number of carbonyl (C=O) groups is 2. The molecule has 3 aromatic carbocycles. The van der Waals surface area contributed by atoms with Crippen molar-refractivity contribution in [2.75, 3.05) is 6.54 Å². The van der Waals surface area contributed by atoms with Crippen LogP contribution in [0.25, 0.3) is 11.3 Å². The zero-order chi connectivity index (χ0) is 31.8. The Kier molecular flexibility index (Phi) is 9.88. The molecule has 0 fully saturated rings. The summed E-state index contributed by atoms with van der Waals surface area (Å²) in [7, 11) is 0. The van der Waals surface area contributed by atoms with Crippen LogP contribution in [0.15, 0.2) is 81.8 Å².